The molecule has 2 rings (SSSR count). The molecule has 0 fully saturated rings. The minimum atomic E-state index is -3.00. The summed E-state index contributed by atoms with van der Waals surface area (Å²) in [4.78, 5) is 22.2. The predicted molar refractivity (Wildman–Crippen MR) is 90.6 cm³/mol. The van der Waals surface area contributed by atoms with Gasteiger partial charge < -0.3 is 4.74 Å². The number of hydrogen-bond acceptors (Lipinski definition) is 5. The number of hydrazone groups is 1. The molecule has 0 spiro atoms. The maximum absolute atomic E-state index is 12.5. The molecule has 0 atom stereocenters. The number of hydrogen-bond donors (Lipinski definition) is 1. The first-order valence-electron chi connectivity index (χ1n) is 7.43. The second kappa shape index (κ2) is 8.15. The van der Waals surface area contributed by atoms with E-state index in [0.29, 0.717) is 5.56 Å². The lowest BCUT2D eigenvalue weighted by Crippen LogP contribution is -2.19. The Kier molecular flexibility index (Phi) is 5.94. The number of nitro benzene ring substituents is 1. The molecular formula is C17H15F2N3O4. The Morgan fingerprint density at radius 1 is 1.27 bits per heavy atom. The van der Waals surface area contributed by atoms with E-state index < -0.39 is 17.4 Å². The van der Waals surface area contributed by atoms with Crippen LogP contribution in [0, 0.1) is 17.0 Å². The van der Waals surface area contributed by atoms with Gasteiger partial charge in [-0.3, -0.25) is 14.9 Å². The zero-order valence-corrected chi connectivity index (χ0v) is 13.9. The fourth-order valence-corrected chi connectivity index (χ4v) is 2.15. The monoisotopic (exact) mass is 363 g/mol. The second-order valence-corrected chi connectivity index (χ2v) is 5.32. The van der Waals surface area contributed by atoms with E-state index in [1.807, 2.05) is 0 Å². The number of nitrogens with zero attached hydrogens (tertiary/aromatic N) is 2. The molecule has 2 aromatic carbocycles. The molecule has 26 heavy (non-hydrogen) atoms. The van der Waals surface area contributed by atoms with Crippen molar-refractivity contribution in [2.75, 3.05) is 0 Å². The van der Waals surface area contributed by atoms with Crippen molar-refractivity contribution >= 4 is 17.3 Å². The van der Waals surface area contributed by atoms with Crippen molar-refractivity contribution < 1.29 is 23.2 Å². The van der Waals surface area contributed by atoms with Gasteiger partial charge in [-0.1, -0.05) is 17.7 Å². The van der Waals surface area contributed by atoms with Crippen LogP contribution in [0.2, 0.25) is 0 Å². The molecule has 9 heteroatoms. The number of nitro groups is 1. The summed E-state index contributed by atoms with van der Waals surface area (Å²) in [7, 11) is 0. The van der Waals surface area contributed by atoms with Crippen molar-refractivity contribution in [2.24, 2.45) is 5.10 Å². The molecule has 136 valence electrons. The van der Waals surface area contributed by atoms with Gasteiger partial charge in [0.1, 0.15) is 5.75 Å². The summed E-state index contributed by atoms with van der Waals surface area (Å²) in [6.07, 6.45) is 0. The van der Waals surface area contributed by atoms with E-state index in [2.05, 4.69) is 15.3 Å². The fourth-order valence-electron chi connectivity index (χ4n) is 2.15. The molecule has 0 saturated carbocycles. The number of amides is 1. The van der Waals surface area contributed by atoms with Crippen LogP contribution in [-0.4, -0.2) is 23.2 Å². The van der Waals surface area contributed by atoms with Crippen LogP contribution >= 0.6 is 0 Å². The van der Waals surface area contributed by atoms with Crippen molar-refractivity contribution in [3.05, 3.63) is 69.3 Å². The number of carbonyl (C=O) groups excluding carboxylic acids is 1. The van der Waals surface area contributed by atoms with Crippen molar-refractivity contribution in [1.82, 2.24) is 5.43 Å². The maximum atomic E-state index is 12.5. The van der Waals surface area contributed by atoms with E-state index in [1.54, 1.807) is 19.1 Å². The summed E-state index contributed by atoms with van der Waals surface area (Å²) in [5.41, 5.74) is 3.39. The summed E-state index contributed by atoms with van der Waals surface area (Å²) in [5.74, 6) is -0.742. The molecule has 0 aliphatic heterocycles. The summed E-state index contributed by atoms with van der Waals surface area (Å²) < 4.78 is 29.5. The van der Waals surface area contributed by atoms with E-state index in [4.69, 9.17) is 0 Å². The molecule has 0 heterocycles. The third-order valence-corrected chi connectivity index (χ3v) is 3.39. The van der Waals surface area contributed by atoms with E-state index >= 15 is 0 Å². The Morgan fingerprint density at radius 2 is 2.00 bits per heavy atom. The Hall–Kier alpha value is -3.36. The molecule has 1 N–H and O–H groups in total. The number of non-ortho nitro benzene ring substituents is 1. The van der Waals surface area contributed by atoms with Crippen LogP contribution in [0.5, 0.6) is 5.75 Å². The van der Waals surface area contributed by atoms with Gasteiger partial charge in [0.15, 0.2) is 0 Å². The summed E-state index contributed by atoms with van der Waals surface area (Å²) >= 11 is 0. The van der Waals surface area contributed by atoms with E-state index in [0.717, 1.165) is 11.6 Å². The van der Waals surface area contributed by atoms with Crippen molar-refractivity contribution in [3.8, 4) is 5.75 Å². The predicted octanol–water partition coefficient (Wildman–Crippen LogP) is 3.66. The molecular weight excluding hydrogens is 348 g/mol. The summed E-state index contributed by atoms with van der Waals surface area (Å²) in [6.45, 7) is 0.287. The van der Waals surface area contributed by atoms with E-state index in [-0.39, 0.29) is 22.7 Å². The average Bonchev–Trinajstić information content (AvgIpc) is 2.60. The molecule has 0 aromatic heterocycles. The average molecular weight is 363 g/mol. The minimum Gasteiger partial charge on any atom is -0.434 e. The fraction of sp³-hybridized carbons (Fsp3) is 0.176. The van der Waals surface area contributed by atoms with Gasteiger partial charge in [0, 0.05) is 23.3 Å². The van der Waals surface area contributed by atoms with Crippen molar-refractivity contribution in [1.29, 1.82) is 0 Å². The van der Waals surface area contributed by atoms with Crippen LogP contribution in [0.4, 0.5) is 14.5 Å². The van der Waals surface area contributed by atoms with E-state index in [9.17, 15) is 23.7 Å². The molecule has 7 nitrogen and oxygen atoms in total. The van der Waals surface area contributed by atoms with Crippen LogP contribution in [0.1, 0.15) is 28.4 Å². The topological polar surface area (TPSA) is 93.8 Å². The molecule has 0 aliphatic carbocycles. The van der Waals surface area contributed by atoms with Crippen LogP contribution in [0.3, 0.4) is 0 Å². The summed E-state index contributed by atoms with van der Waals surface area (Å²) in [6, 6.07) is 9.72. The van der Waals surface area contributed by atoms with Crippen molar-refractivity contribution in [3.63, 3.8) is 0 Å². The number of alkyl halides is 2. The standard InChI is InChI=1S/C17H15F2N3O4/c1-10-6-7-15(26-17(18)19)14(8-10)11(2)20-21-16(23)12-4-3-5-13(9-12)22(24)25/h3-9,17H,1-2H3,(H,21,23)/b20-11-. The lowest BCUT2D eigenvalue weighted by atomic mass is 10.1. The smallest absolute Gasteiger partial charge is 0.387 e. The zero-order chi connectivity index (χ0) is 19.3. The number of nitrogens with one attached hydrogen (secondary N) is 1. The van der Waals surface area contributed by atoms with Gasteiger partial charge >= 0.3 is 6.61 Å². The highest BCUT2D eigenvalue weighted by atomic mass is 19.3. The van der Waals surface area contributed by atoms with Gasteiger partial charge in [-0.25, -0.2) is 5.43 Å². The van der Waals surface area contributed by atoms with Gasteiger partial charge in [-0.2, -0.15) is 13.9 Å². The number of ether oxygens (including phenoxy) is 1. The number of halogens is 2. The maximum Gasteiger partial charge on any atom is 0.387 e. The largest absolute Gasteiger partial charge is 0.434 e. The third kappa shape index (κ3) is 4.82. The normalized spacial score (nSPS) is 11.3. The quantitative estimate of drug-likeness (QED) is 0.481. The molecule has 0 unspecified atom stereocenters. The molecule has 1 amide bonds. The first-order chi connectivity index (χ1) is 12.3. The second-order valence-electron chi connectivity index (χ2n) is 5.32. The lowest BCUT2D eigenvalue weighted by Gasteiger charge is -2.11. The van der Waals surface area contributed by atoms with Gasteiger partial charge in [-0.05, 0) is 32.0 Å². The molecule has 0 radical (unpaired) electrons. The molecule has 0 saturated heterocycles. The van der Waals surface area contributed by atoms with Crippen LogP contribution in [0.25, 0.3) is 0 Å². The number of aryl methyl sites for hydroxylation is 1. The minimum absolute atomic E-state index is 0.0454. The van der Waals surface area contributed by atoms with Crippen molar-refractivity contribution in [2.45, 2.75) is 20.5 Å². The van der Waals surface area contributed by atoms with E-state index in [1.165, 1.54) is 31.2 Å². The zero-order valence-electron chi connectivity index (χ0n) is 13.9. The number of benzene rings is 2. The first-order valence-corrected chi connectivity index (χ1v) is 7.43. The Morgan fingerprint density at radius 3 is 2.65 bits per heavy atom. The number of rotatable bonds is 6. The highest BCUT2D eigenvalue weighted by molar-refractivity contribution is 6.03. The van der Waals surface area contributed by atoms with Crippen LogP contribution in [0.15, 0.2) is 47.6 Å². The number of carbonyl (C=O) groups is 1. The Labute approximate surface area is 147 Å². The van der Waals surface area contributed by atoms with Crippen LogP contribution < -0.4 is 10.2 Å². The third-order valence-electron chi connectivity index (χ3n) is 3.39. The SMILES string of the molecule is C/C(=N/NC(=O)c1cccc([N+](=O)[O-])c1)c1cc(C)ccc1OC(F)F. The molecule has 0 aliphatic rings. The Bertz CT molecular complexity index is 869. The van der Waals surface area contributed by atoms with Gasteiger partial charge in [0.25, 0.3) is 11.6 Å². The molecule has 2 aromatic rings. The van der Waals surface area contributed by atoms with Gasteiger partial charge in [-0.15, -0.1) is 0 Å². The molecule has 0 bridgehead atoms. The summed E-state index contributed by atoms with van der Waals surface area (Å²) in [5, 5.41) is 14.6. The highest BCUT2D eigenvalue weighted by Gasteiger charge is 2.14. The van der Waals surface area contributed by atoms with Gasteiger partial charge in [0.05, 0.1) is 10.6 Å². The lowest BCUT2D eigenvalue weighted by molar-refractivity contribution is -0.384. The highest BCUT2D eigenvalue weighted by Crippen LogP contribution is 2.23. The van der Waals surface area contributed by atoms with Crippen LogP contribution in [-0.2, 0) is 0 Å². The Balaban J connectivity index is 2.22. The first kappa shape index (κ1) is 19.0. The van der Waals surface area contributed by atoms with Gasteiger partial charge in [0.2, 0.25) is 0 Å².